The molecule has 0 bridgehead atoms. The van der Waals surface area contributed by atoms with Crippen molar-refractivity contribution in [1.82, 2.24) is 15.1 Å². The van der Waals surface area contributed by atoms with E-state index in [4.69, 9.17) is 0 Å². The Morgan fingerprint density at radius 2 is 1.74 bits per heavy atom. The van der Waals surface area contributed by atoms with Gasteiger partial charge in [-0.05, 0) is 25.9 Å². The molecule has 4 heteroatoms. The largest absolute Gasteiger partial charge is 0.325 e. The summed E-state index contributed by atoms with van der Waals surface area (Å²) in [5.41, 5.74) is 0. The fraction of sp³-hybridized carbons (Fsp3) is 0.933. The number of hydrogen-bond acceptors (Lipinski definition) is 3. The highest BCUT2D eigenvalue weighted by atomic mass is 16.2. The lowest BCUT2D eigenvalue weighted by Gasteiger charge is -2.27. The third-order valence-electron chi connectivity index (χ3n) is 4.04. The van der Waals surface area contributed by atoms with Gasteiger partial charge in [0, 0.05) is 13.1 Å². The average molecular weight is 269 g/mol. The van der Waals surface area contributed by atoms with E-state index in [9.17, 15) is 4.79 Å². The first-order chi connectivity index (χ1) is 9.17. The average Bonchev–Trinajstić information content (AvgIpc) is 2.69. The molecule has 1 N–H and O–H groups in total. The van der Waals surface area contributed by atoms with Crippen molar-refractivity contribution in [3.05, 3.63) is 0 Å². The van der Waals surface area contributed by atoms with Gasteiger partial charge >= 0.3 is 0 Å². The molecule has 0 saturated carbocycles. The highest BCUT2D eigenvalue weighted by molar-refractivity contribution is 5.84. The third-order valence-corrected chi connectivity index (χ3v) is 4.04. The first-order valence-electron chi connectivity index (χ1n) is 7.96. The molecule has 112 valence electrons. The van der Waals surface area contributed by atoms with Gasteiger partial charge in [-0.3, -0.25) is 10.1 Å². The second-order valence-electron chi connectivity index (χ2n) is 5.37. The van der Waals surface area contributed by atoms with E-state index in [-0.39, 0.29) is 12.2 Å². The van der Waals surface area contributed by atoms with Crippen molar-refractivity contribution in [1.29, 1.82) is 0 Å². The zero-order valence-electron chi connectivity index (χ0n) is 13.1. The molecule has 0 aromatic carbocycles. The molecule has 1 aliphatic rings. The Kier molecular flexibility index (Phi) is 7.39. The topological polar surface area (TPSA) is 35.6 Å². The number of nitrogens with one attached hydrogen (secondary N) is 1. The molecule has 0 aromatic heterocycles. The van der Waals surface area contributed by atoms with Crippen LogP contribution in [0.5, 0.6) is 0 Å². The van der Waals surface area contributed by atoms with E-state index in [0.717, 1.165) is 51.9 Å². The predicted octanol–water partition coefficient (Wildman–Crippen LogP) is 2.05. The zero-order chi connectivity index (χ0) is 14.3. The summed E-state index contributed by atoms with van der Waals surface area (Å²) in [6, 6.07) is 0.0539. The van der Waals surface area contributed by atoms with E-state index in [0.29, 0.717) is 5.91 Å². The fourth-order valence-corrected chi connectivity index (χ4v) is 2.81. The summed E-state index contributed by atoms with van der Waals surface area (Å²) in [6.07, 6.45) is 4.45. The van der Waals surface area contributed by atoms with Crippen molar-refractivity contribution >= 4 is 5.91 Å². The molecule has 4 nitrogen and oxygen atoms in total. The van der Waals surface area contributed by atoms with E-state index in [1.807, 2.05) is 0 Å². The van der Waals surface area contributed by atoms with Crippen molar-refractivity contribution in [3.8, 4) is 0 Å². The number of carbonyl (C=O) groups excluding carboxylic acids is 1. The Morgan fingerprint density at radius 1 is 1.11 bits per heavy atom. The van der Waals surface area contributed by atoms with E-state index in [1.54, 1.807) is 0 Å². The summed E-state index contributed by atoms with van der Waals surface area (Å²) in [7, 11) is 0. The Labute approximate surface area is 118 Å². The maximum atomic E-state index is 12.4. The fourth-order valence-electron chi connectivity index (χ4n) is 2.81. The van der Waals surface area contributed by atoms with Gasteiger partial charge in [0.1, 0.15) is 0 Å². The second kappa shape index (κ2) is 8.54. The summed E-state index contributed by atoms with van der Waals surface area (Å²) in [6.45, 7) is 12.6. The van der Waals surface area contributed by atoms with E-state index >= 15 is 0 Å². The Hall–Kier alpha value is -0.610. The van der Waals surface area contributed by atoms with E-state index in [2.05, 4.69) is 42.8 Å². The van der Waals surface area contributed by atoms with Gasteiger partial charge in [-0.1, -0.05) is 40.5 Å². The van der Waals surface area contributed by atoms with Crippen LogP contribution in [0.15, 0.2) is 0 Å². The van der Waals surface area contributed by atoms with Crippen LogP contribution in [0.3, 0.4) is 0 Å². The van der Waals surface area contributed by atoms with Gasteiger partial charge in [0.15, 0.2) is 0 Å². The lowest BCUT2D eigenvalue weighted by Crippen LogP contribution is -2.42. The molecular formula is C15H31N3O. The SMILES string of the molecule is CCCC1NC(CCC)N(CCN(CC)CC)C1=O. The minimum absolute atomic E-state index is 0.0539. The molecule has 0 spiro atoms. The molecule has 1 heterocycles. The van der Waals surface area contributed by atoms with Crippen LogP contribution < -0.4 is 5.32 Å². The monoisotopic (exact) mass is 269 g/mol. The Morgan fingerprint density at radius 3 is 2.26 bits per heavy atom. The maximum absolute atomic E-state index is 12.4. The molecule has 1 aliphatic heterocycles. The summed E-state index contributed by atoms with van der Waals surface area (Å²) in [5.74, 6) is 0.312. The normalized spacial score (nSPS) is 23.6. The van der Waals surface area contributed by atoms with Crippen molar-refractivity contribution in [3.63, 3.8) is 0 Å². The van der Waals surface area contributed by atoms with Gasteiger partial charge < -0.3 is 9.80 Å². The lowest BCUT2D eigenvalue weighted by atomic mass is 10.2. The summed E-state index contributed by atoms with van der Waals surface area (Å²) in [4.78, 5) is 16.9. The summed E-state index contributed by atoms with van der Waals surface area (Å²) in [5, 5.41) is 3.51. The maximum Gasteiger partial charge on any atom is 0.241 e. The van der Waals surface area contributed by atoms with Gasteiger partial charge in [-0.15, -0.1) is 0 Å². The van der Waals surface area contributed by atoms with Crippen molar-refractivity contribution in [2.75, 3.05) is 26.2 Å². The van der Waals surface area contributed by atoms with Crippen molar-refractivity contribution < 1.29 is 4.79 Å². The van der Waals surface area contributed by atoms with Gasteiger partial charge in [0.05, 0.1) is 12.2 Å². The quantitative estimate of drug-likeness (QED) is 0.696. The van der Waals surface area contributed by atoms with Gasteiger partial charge in [-0.25, -0.2) is 0 Å². The Balaban J connectivity index is 2.57. The molecule has 0 aromatic rings. The minimum atomic E-state index is 0.0539. The van der Waals surface area contributed by atoms with Crippen LogP contribution in [-0.4, -0.2) is 54.1 Å². The lowest BCUT2D eigenvalue weighted by molar-refractivity contribution is -0.130. The molecule has 2 unspecified atom stereocenters. The number of rotatable bonds is 9. The molecule has 19 heavy (non-hydrogen) atoms. The van der Waals surface area contributed by atoms with Gasteiger partial charge in [0.2, 0.25) is 5.91 Å². The summed E-state index contributed by atoms with van der Waals surface area (Å²) < 4.78 is 0. The molecular weight excluding hydrogens is 238 g/mol. The van der Waals surface area contributed by atoms with Crippen LogP contribution in [0.1, 0.15) is 53.4 Å². The number of hydrogen-bond donors (Lipinski definition) is 1. The standard InChI is InChI=1S/C15H31N3O/c1-5-9-13-15(19)18(14(16-13)10-6-2)12-11-17(7-3)8-4/h13-14,16H,5-12H2,1-4H3. The molecule has 0 aliphatic carbocycles. The second-order valence-corrected chi connectivity index (χ2v) is 5.37. The van der Waals surface area contributed by atoms with E-state index in [1.165, 1.54) is 0 Å². The van der Waals surface area contributed by atoms with Crippen LogP contribution >= 0.6 is 0 Å². The molecule has 1 rings (SSSR count). The van der Waals surface area contributed by atoms with E-state index < -0.39 is 0 Å². The van der Waals surface area contributed by atoms with Crippen LogP contribution in [0.4, 0.5) is 0 Å². The molecule has 1 fully saturated rings. The minimum Gasteiger partial charge on any atom is -0.325 e. The zero-order valence-corrected chi connectivity index (χ0v) is 13.1. The molecule has 1 saturated heterocycles. The van der Waals surface area contributed by atoms with Crippen LogP contribution in [0.2, 0.25) is 0 Å². The summed E-state index contributed by atoms with van der Waals surface area (Å²) >= 11 is 0. The number of carbonyl (C=O) groups is 1. The van der Waals surface area contributed by atoms with Crippen molar-refractivity contribution in [2.24, 2.45) is 0 Å². The van der Waals surface area contributed by atoms with Crippen molar-refractivity contribution in [2.45, 2.75) is 65.6 Å². The molecule has 2 atom stereocenters. The number of amides is 1. The first kappa shape index (κ1) is 16.4. The van der Waals surface area contributed by atoms with Gasteiger partial charge in [-0.2, -0.15) is 0 Å². The highest BCUT2D eigenvalue weighted by Crippen LogP contribution is 2.17. The first-order valence-corrected chi connectivity index (χ1v) is 7.96. The molecule has 0 radical (unpaired) electrons. The van der Waals surface area contributed by atoms with Crippen LogP contribution in [-0.2, 0) is 4.79 Å². The number of nitrogens with zero attached hydrogens (tertiary/aromatic N) is 2. The highest BCUT2D eigenvalue weighted by Gasteiger charge is 2.37. The van der Waals surface area contributed by atoms with Crippen LogP contribution in [0, 0.1) is 0 Å². The smallest absolute Gasteiger partial charge is 0.241 e. The van der Waals surface area contributed by atoms with Crippen LogP contribution in [0.25, 0.3) is 0 Å². The van der Waals surface area contributed by atoms with Gasteiger partial charge in [0.25, 0.3) is 0 Å². The predicted molar refractivity (Wildman–Crippen MR) is 80.0 cm³/mol. The Bertz CT molecular complexity index is 266. The number of likely N-dealkylation sites (N-methyl/N-ethyl adjacent to an activating group) is 1. The molecule has 1 amide bonds. The third kappa shape index (κ3) is 4.46.